The molecule has 1 aromatic heterocycles. The zero-order valence-corrected chi connectivity index (χ0v) is 29.5. The van der Waals surface area contributed by atoms with Gasteiger partial charge in [0.2, 0.25) is 0 Å². The first-order chi connectivity index (χ1) is 17.1. The first-order valence-corrected chi connectivity index (χ1v) is 13.4. The van der Waals surface area contributed by atoms with Crippen LogP contribution in [0.5, 0.6) is 0 Å². The van der Waals surface area contributed by atoms with Gasteiger partial charge in [-0.25, -0.2) is 4.98 Å². The van der Waals surface area contributed by atoms with Crippen molar-refractivity contribution < 1.29 is 78.1 Å². The van der Waals surface area contributed by atoms with E-state index in [0.717, 1.165) is 74.1 Å². The van der Waals surface area contributed by atoms with Crippen LogP contribution < -0.4 is 37.2 Å². The van der Waals surface area contributed by atoms with E-state index in [2.05, 4.69) is 64.1 Å². The van der Waals surface area contributed by atoms with Crippen molar-refractivity contribution >= 4 is 35.4 Å². The van der Waals surface area contributed by atoms with Crippen LogP contribution in [-0.2, 0) is 25.7 Å². The number of aromatic nitrogens is 1. The molecule has 0 bridgehead atoms. The Hall–Kier alpha value is -0.559. The molecule has 3 nitrogen and oxygen atoms in total. The van der Waals surface area contributed by atoms with Gasteiger partial charge in [-0.2, -0.15) is 0 Å². The van der Waals surface area contributed by atoms with Gasteiger partial charge in [0.15, 0.2) is 0 Å². The number of pyridine rings is 1. The molecular formula is C31H38Cl4N3Nd. The number of rotatable bonds is 12. The summed E-state index contributed by atoms with van der Waals surface area (Å²) < 4.78 is 0. The fourth-order valence-electron chi connectivity index (χ4n) is 4.44. The third kappa shape index (κ3) is 12.5. The Morgan fingerprint density at radius 3 is 1.21 bits per heavy atom. The van der Waals surface area contributed by atoms with Crippen LogP contribution >= 0.6 is 11.6 Å². The molecule has 1 radical (unpaired) electrons. The zero-order chi connectivity index (χ0) is 25.0. The SMILES string of the molecule is CCCc1cccc(CCC)c1N=Cc1cc(Cl)cc(C=Nc2c(CCC)cccc2CCC)n1.[Cl-].[Cl-].[Cl-].[Nd+3]. The molecule has 0 amide bonds. The monoisotopic (exact) mass is 734 g/mol. The average Bonchev–Trinajstić information content (AvgIpc) is 2.84. The van der Waals surface area contributed by atoms with Crippen LogP contribution in [0.15, 0.2) is 58.5 Å². The molecule has 0 saturated heterocycles. The van der Waals surface area contributed by atoms with Gasteiger partial charge in [-0.1, -0.05) is 101 Å². The van der Waals surface area contributed by atoms with E-state index in [0.29, 0.717) is 5.02 Å². The van der Waals surface area contributed by atoms with E-state index in [1.165, 1.54) is 22.3 Å². The summed E-state index contributed by atoms with van der Waals surface area (Å²) in [4.78, 5) is 14.6. The Kier molecular flexibility index (Phi) is 23.0. The van der Waals surface area contributed by atoms with E-state index in [-0.39, 0.29) is 78.1 Å². The second-order valence-electron chi connectivity index (χ2n) is 9.00. The van der Waals surface area contributed by atoms with Crippen LogP contribution in [0.4, 0.5) is 11.4 Å². The van der Waals surface area contributed by atoms with Crippen molar-refractivity contribution in [3.05, 3.63) is 87.2 Å². The second-order valence-corrected chi connectivity index (χ2v) is 9.44. The standard InChI is InChI=1S/C31H38ClN3.3ClH.Nd/c1-5-11-23-15-9-16-24(12-6-2)30(23)33-21-28-19-27(32)20-29(35-28)22-34-31-25(13-7-3)17-10-18-26(31)14-8-4;;;;/h9-10,15-22H,5-8,11-14H2,1-4H3;3*1H;/q;;;;+3/p-3. The maximum Gasteiger partial charge on any atom is 3.00 e. The van der Waals surface area contributed by atoms with Crippen molar-refractivity contribution in [2.75, 3.05) is 0 Å². The minimum Gasteiger partial charge on any atom is -1.00 e. The summed E-state index contributed by atoms with van der Waals surface area (Å²) in [6, 6.07) is 16.7. The van der Waals surface area contributed by atoms with Crippen molar-refractivity contribution in [2.24, 2.45) is 9.98 Å². The van der Waals surface area contributed by atoms with Crippen LogP contribution in [0.1, 0.15) is 87.0 Å². The van der Waals surface area contributed by atoms with Crippen LogP contribution in [0.3, 0.4) is 0 Å². The van der Waals surface area contributed by atoms with Crippen molar-refractivity contribution in [3.63, 3.8) is 0 Å². The summed E-state index contributed by atoms with van der Waals surface area (Å²) in [7, 11) is 0. The third-order valence-electron chi connectivity index (χ3n) is 5.97. The number of aliphatic imine (C=N–C) groups is 2. The molecule has 0 aliphatic carbocycles. The Bertz CT molecular complexity index is 1050. The normalized spacial score (nSPS) is 10.5. The van der Waals surface area contributed by atoms with Gasteiger partial charge < -0.3 is 37.2 Å². The second kappa shape index (κ2) is 22.1. The fourth-order valence-corrected chi connectivity index (χ4v) is 4.66. The van der Waals surface area contributed by atoms with E-state index < -0.39 is 0 Å². The summed E-state index contributed by atoms with van der Waals surface area (Å²) in [5.41, 5.74) is 8.77. The number of nitrogens with zero attached hydrogens (tertiary/aromatic N) is 3. The fraction of sp³-hybridized carbons (Fsp3) is 0.387. The minimum absolute atomic E-state index is 0. The number of halogens is 4. The van der Waals surface area contributed by atoms with Crippen LogP contribution in [-0.4, -0.2) is 17.4 Å². The molecule has 2 aromatic carbocycles. The van der Waals surface area contributed by atoms with E-state index in [1.807, 2.05) is 24.6 Å². The predicted octanol–water partition coefficient (Wildman–Crippen LogP) is 0.0582. The average molecular weight is 739 g/mol. The summed E-state index contributed by atoms with van der Waals surface area (Å²) >= 11 is 6.47. The molecule has 0 saturated carbocycles. The first-order valence-electron chi connectivity index (χ1n) is 13.1. The van der Waals surface area contributed by atoms with Gasteiger partial charge in [0.1, 0.15) is 0 Å². The van der Waals surface area contributed by atoms with E-state index in [1.54, 1.807) is 0 Å². The first kappa shape index (κ1) is 40.6. The molecule has 39 heavy (non-hydrogen) atoms. The minimum atomic E-state index is 0. The maximum absolute atomic E-state index is 6.47. The Morgan fingerprint density at radius 2 is 0.923 bits per heavy atom. The van der Waals surface area contributed by atoms with Gasteiger partial charge in [-0.05, 0) is 60.1 Å². The van der Waals surface area contributed by atoms with Crippen molar-refractivity contribution in [3.8, 4) is 0 Å². The molecule has 0 atom stereocenters. The number of para-hydroxylation sites is 2. The van der Waals surface area contributed by atoms with Crippen LogP contribution in [0.2, 0.25) is 5.02 Å². The quantitative estimate of drug-likeness (QED) is 0.243. The van der Waals surface area contributed by atoms with Crippen molar-refractivity contribution in [2.45, 2.75) is 79.1 Å². The van der Waals surface area contributed by atoms with Gasteiger partial charge in [-0.3, -0.25) is 9.98 Å². The largest absolute Gasteiger partial charge is 3.00 e. The molecule has 8 heteroatoms. The van der Waals surface area contributed by atoms with Crippen LogP contribution in [0.25, 0.3) is 0 Å². The number of benzene rings is 2. The number of hydrogen-bond acceptors (Lipinski definition) is 3. The van der Waals surface area contributed by atoms with Gasteiger partial charge in [0.25, 0.3) is 0 Å². The number of hydrogen-bond donors (Lipinski definition) is 0. The molecule has 0 aliphatic heterocycles. The summed E-state index contributed by atoms with van der Waals surface area (Å²) in [6.45, 7) is 8.81. The zero-order valence-electron chi connectivity index (χ0n) is 23.3. The molecule has 0 aliphatic rings. The Morgan fingerprint density at radius 1 is 0.615 bits per heavy atom. The van der Waals surface area contributed by atoms with Crippen molar-refractivity contribution in [1.82, 2.24) is 4.98 Å². The van der Waals surface area contributed by atoms with Gasteiger partial charge >= 0.3 is 40.8 Å². The van der Waals surface area contributed by atoms with E-state index >= 15 is 0 Å². The summed E-state index contributed by atoms with van der Waals surface area (Å²) in [5, 5.41) is 0.633. The molecule has 0 N–H and O–H groups in total. The topological polar surface area (TPSA) is 37.6 Å². The summed E-state index contributed by atoms with van der Waals surface area (Å²) in [5.74, 6) is 0. The van der Waals surface area contributed by atoms with E-state index in [4.69, 9.17) is 26.6 Å². The molecule has 0 spiro atoms. The maximum atomic E-state index is 6.47. The van der Waals surface area contributed by atoms with Gasteiger partial charge in [0.05, 0.1) is 35.2 Å². The molecule has 3 aromatic rings. The summed E-state index contributed by atoms with van der Waals surface area (Å²) in [6.07, 6.45) is 12.1. The molecule has 0 fully saturated rings. The van der Waals surface area contributed by atoms with Crippen molar-refractivity contribution in [1.29, 1.82) is 0 Å². The molecule has 209 valence electrons. The van der Waals surface area contributed by atoms with E-state index in [9.17, 15) is 0 Å². The molecule has 3 rings (SSSR count). The van der Waals surface area contributed by atoms with Gasteiger partial charge in [-0.15, -0.1) is 0 Å². The Labute approximate surface area is 291 Å². The molecule has 1 heterocycles. The smallest absolute Gasteiger partial charge is 1.00 e. The Balaban J connectivity index is 0. The molecular weight excluding hydrogens is 700 g/mol. The van der Waals surface area contributed by atoms with Gasteiger partial charge in [0, 0.05) is 5.02 Å². The predicted molar refractivity (Wildman–Crippen MR) is 153 cm³/mol. The number of aryl methyl sites for hydroxylation is 4. The molecule has 0 unspecified atom stereocenters. The third-order valence-corrected chi connectivity index (χ3v) is 6.18. The van der Waals surface area contributed by atoms with Crippen LogP contribution in [0, 0.1) is 40.8 Å².